The molecule has 3 heteroatoms. The second-order valence-corrected chi connectivity index (χ2v) is 19.7. The molecule has 0 unspecified atom stereocenters. The van der Waals surface area contributed by atoms with Gasteiger partial charge in [-0.05, 0) is 157 Å². The average Bonchev–Trinajstić information content (AvgIpc) is 3.96. The summed E-state index contributed by atoms with van der Waals surface area (Å²) in [6.45, 7) is 0. The van der Waals surface area contributed by atoms with E-state index in [1.54, 1.807) is 0 Å². The largest absolute Gasteiger partial charge is 0.456 e. The summed E-state index contributed by atoms with van der Waals surface area (Å²) in [7, 11) is 0. The fourth-order valence-electron chi connectivity index (χ4n) is 11.3. The smallest absolute Gasteiger partial charge is 0.136 e. The van der Waals surface area contributed by atoms with Gasteiger partial charge in [0.1, 0.15) is 11.2 Å². The Morgan fingerprint density at radius 3 is 1.36 bits per heavy atom. The van der Waals surface area contributed by atoms with Gasteiger partial charge in [0.15, 0.2) is 0 Å². The van der Waals surface area contributed by atoms with Crippen LogP contribution in [0.4, 0.5) is 34.1 Å². The van der Waals surface area contributed by atoms with Crippen molar-refractivity contribution in [1.82, 2.24) is 0 Å². The molecule has 0 atom stereocenters. The summed E-state index contributed by atoms with van der Waals surface area (Å²) in [4.78, 5) is 4.81. The SMILES string of the molecule is c1ccc(-c2cccc(N(c3cccc(-c4ccccc4N(c4ccc(-c5cccc6oc7ccc8ccccc8c7c56)cc4)c4cccc(-c5ccccc5)c4)c3)c3ccc4cc(-c5ccccc5)ccc4c3)c2)cc1. The summed E-state index contributed by atoms with van der Waals surface area (Å²) in [5, 5.41) is 7.04. The Balaban J connectivity index is 0.905. The molecule has 0 aliphatic carbocycles. The zero-order chi connectivity index (χ0) is 51.1. The van der Waals surface area contributed by atoms with E-state index in [9.17, 15) is 0 Å². The Bertz CT molecular complexity index is 4450. The van der Waals surface area contributed by atoms with E-state index in [0.29, 0.717) is 0 Å². The molecule has 1 heterocycles. The lowest BCUT2D eigenvalue weighted by molar-refractivity contribution is 0.669. The van der Waals surface area contributed by atoms with Crippen LogP contribution in [0.25, 0.3) is 99.1 Å². The third kappa shape index (κ3) is 8.56. The lowest BCUT2D eigenvalue weighted by Crippen LogP contribution is -2.12. The van der Waals surface area contributed by atoms with Crippen molar-refractivity contribution >= 4 is 77.6 Å². The molecule has 3 nitrogen and oxygen atoms in total. The molecule has 1 aromatic heterocycles. The van der Waals surface area contributed by atoms with E-state index in [-0.39, 0.29) is 0 Å². The number of fused-ring (bicyclic) bond motifs is 6. The minimum Gasteiger partial charge on any atom is -0.456 e. The minimum absolute atomic E-state index is 0.883. The van der Waals surface area contributed by atoms with Gasteiger partial charge in [-0.3, -0.25) is 0 Å². The van der Waals surface area contributed by atoms with Crippen LogP contribution in [0.1, 0.15) is 0 Å². The Kier molecular flexibility index (Phi) is 11.5. The number of rotatable bonds is 11. The zero-order valence-corrected chi connectivity index (χ0v) is 42.2. The average molecular weight is 983 g/mol. The van der Waals surface area contributed by atoms with Crippen LogP contribution in [-0.2, 0) is 0 Å². The van der Waals surface area contributed by atoms with E-state index in [1.165, 1.54) is 43.8 Å². The number of hydrogen-bond donors (Lipinski definition) is 0. The summed E-state index contributed by atoms with van der Waals surface area (Å²) < 4.78 is 6.52. The molecule has 362 valence electrons. The molecule has 13 aromatic carbocycles. The van der Waals surface area contributed by atoms with Crippen molar-refractivity contribution in [2.24, 2.45) is 0 Å². The predicted octanol–water partition coefficient (Wildman–Crippen LogP) is 21.2. The number of nitrogens with zero attached hydrogens (tertiary/aromatic N) is 2. The molecule has 0 N–H and O–H groups in total. The third-order valence-corrected chi connectivity index (χ3v) is 15.0. The first-order chi connectivity index (χ1) is 38.2. The standard InChI is InChI=1S/C74H50N2O/c1-4-18-51(19-5-1)56-25-14-28-63(47-56)75(66-44-40-59-46-58(36-37-60(59)49-66)53-22-8-3-9-23-53)64-29-16-27-61(50-64)67-31-12-13-34-70(67)76(65-30-15-26-57(48-65)52-20-6-2-7-21-52)62-42-38-55(39-43-62)69-33-17-35-71-73(69)74-68-32-11-10-24-54(68)41-45-72(74)77-71/h1-50H. The van der Waals surface area contributed by atoms with Crippen LogP contribution >= 0.6 is 0 Å². The lowest BCUT2D eigenvalue weighted by atomic mass is 9.96. The molecule has 14 aromatic rings. The van der Waals surface area contributed by atoms with Crippen LogP contribution in [0, 0.1) is 0 Å². The molecule has 0 saturated heterocycles. The summed E-state index contributed by atoms with van der Waals surface area (Å²) in [5.74, 6) is 0. The van der Waals surface area contributed by atoms with Crippen molar-refractivity contribution in [3.63, 3.8) is 0 Å². The molecule has 0 radical (unpaired) electrons. The normalized spacial score (nSPS) is 11.4. The summed E-state index contributed by atoms with van der Waals surface area (Å²) in [6, 6.07) is 109. The molecule has 77 heavy (non-hydrogen) atoms. The Morgan fingerprint density at radius 2 is 0.675 bits per heavy atom. The predicted molar refractivity (Wildman–Crippen MR) is 325 cm³/mol. The van der Waals surface area contributed by atoms with Gasteiger partial charge in [-0.2, -0.15) is 0 Å². The second kappa shape index (κ2) is 19.6. The first-order valence-corrected chi connectivity index (χ1v) is 26.3. The molecule has 0 bridgehead atoms. The van der Waals surface area contributed by atoms with Gasteiger partial charge in [-0.25, -0.2) is 0 Å². The van der Waals surface area contributed by atoms with Crippen LogP contribution in [0.3, 0.4) is 0 Å². The van der Waals surface area contributed by atoms with Gasteiger partial charge in [0.25, 0.3) is 0 Å². The maximum absolute atomic E-state index is 6.52. The van der Waals surface area contributed by atoms with E-state index in [0.717, 1.165) is 89.4 Å². The second-order valence-electron chi connectivity index (χ2n) is 19.7. The van der Waals surface area contributed by atoms with Gasteiger partial charge in [-0.1, -0.05) is 218 Å². The van der Waals surface area contributed by atoms with E-state index in [2.05, 4.69) is 313 Å². The Hall–Kier alpha value is -10.2. The molecule has 0 amide bonds. The highest BCUT2D eigenvalue weighted by Crippen LogP contribution is 2.46. The van der Waals surface area contributed by atoms with Crippen LogP contribution in [0.15, 0.2) is 308 Å². The molecule has 0 aliphatic rings. The molecular weight excluding hydrogens is 933 g/mol. The van der Waals surface area contributed by atoms with Crippen LogP contribution in [-0.4, -0.2) is 0 Å². The summed E-state index contributed by atoms with van der Waals surface area (Å²) in [6.07, 6.45) is 0. The van der Waals surface area contributed by atoms with Crippen molar-refractivity contribution < 1.29 is 4.42 Å². The van der Waals surface area contributed by atoms with Crippen LogP contribution < -0.4 is 9.80 Å². The fraction of sp³-hybridized carbons (Fsp3) is 0. The van der Waals surface area contributed by atoms with Crippen molar-refractivity contribution in [1.29, 1.82) is 0 Å². The molecule has 0 spiro atoms. The van der Waals surface area contributed by atoms with Gasteiger partial charge in [-0.15, -0.1) is 0 Å². The van der Waals surface area contributed by atoms with Crippen LogP contribution in [0.5, 0.6) is 0 Å². The highest BCUT2D eigenvalue weighted by molar-refractivity contribution is 6.22. The topological polar surface area (TPSA) is 19.6 Å². The first kappa shape index (κ1) is 45.4. The highest BCUT2D eigenvalue weighted by Gasteiger charge is 2.22. The molecular formula is C74H50N2O. The van der Waals surface area contributed by atoms with Crippen molar-refractivity contribution in [2.75, 3.05) is 9.80 Å². The Morgan fingerprint density at radius 1 is 0.221 bits per heavy atom. The molecule has 0 fully saturated rings. The van der Waals surface area contributed by atoms with E-state index in [4.69, 9.17) is 4.42 Å². The molecule has 0 saturated carbocycles. The van der Waals surface area contributed by atoms with Gasteiger partial charge < -0.3 is 14.2 Å². The monoisotopic (exact) mass is 982 g/mol. The number of hydrogen-bond acceptors (Lipinski definition) is 3. The first-order valence-electron chi connectivity index (χ1n) is 26.3. The minimum atomic E-state index is 0.883. The van der Waals surface area contributed by atoms with Crippen molar-refractivity contribution in [3.8, 4) is 55.6 Å². The number of para-hydroxylation sites is 1. The van der Waals surface area contributed by atoms with Crippen LogP contribution in [0.2, 0.25) is 0 Å². The van der Waals surface area contributed by atoms with Gasteiger partial charge in [0.2, 0.25) is 0 Å². The van der Waals surface area contributed by atoms with Gasteiger partial charge in [0, 0.05) is 44.8 Å². The molecule has 0 aliphatic heterocycles. The number of anilines is 6. The maximum Gasteiger partial charge on any atom is 0.136 e. The number of benzene rings is 13. The Labute approximate surface area is 448 Å². The zero-order valence-electron chi connectivity index (χ0n) is 42.2. The van der Waals surface area contributed by atoms with Crippen molar-refractivity contribution in [2.45, 2.75) is 0 Å². The fourth-order valence-corrected chi connectivity index (χ4v) is 11.3. The van der Waals surface area contributed by atoms with Gasteiger partial charge in [0.05, 0.1) is 5.69 Å². The maximum atomic E-state index is 6.52. The summed E-state index contributed by atoms with van der Waals surface area (Å²) in [5.41, 5.74) is 19.7. The van der Waals surface area contributed by atoms with Gasteiger partial charge >= 0.3 is 0 Å². The third-order valence-electron chi connectivity index (χ3n) is 15.0. The summed E-state index contributed by atoms with van der Waals surface area (Å²) >= 11 is 0. The number of furan rings is 1. The lowest BCUT2D eigenvalue weighted by Gasteiger charge is -2.29. The van der Waals surface area contributed by atoms with E-state index < -0.39 is 0 Å². The van der Waals surface area contributed by atoms with E-state index in [1.807, 2.05) is 0 Å². The van der Waals surface area contributed by atoms with E-state index >= 15 is 0 Å². The van der Waals surface area contributed by atoms with Crippen molar-refractivity contribution in [3.05, 3.63) is 303 Å². The highest BCUT2D eigenvalue weighted by atomic mass is 16.3. The molecule has 14 rings (SSSR count). The quantitative estimate of drug-likeness (QED) is 0.129.